The van der Waals surface area contributed by atoms with E-state index in [0.29, 0.717) is 61.4 Å². The number of hydrogen-bond acceptors (Lipinski definition) is 16. The lowest BCUT2D eigenvalue weighted by Gasteiger charge is -2.36. The van der Waals surface area contributed by atoms with Gasteiger partial charge in [0.15, 0.2) is 0 Å². The normalized spacial score (nSPS) is 17.8. The van der Waals surface area contributed by atoms with E-state index >= 15 is 0 Å². The van der Waals surface area contributed by atoms with Crippen LogP contribution in [0.15, 0.2) is 24.3 Å². The van der Waals surface area contributed by atoms with Crippen LogP contribution in [0.4, 0.5) is 28.3 Å². The van der Waals surface area contributed by atoms with E-state index in [2.05, 4.69) is 97.0 Å². The number of aldehydes is 1. The van der Waals surface area contributed by atoms with Crippen molar-refractivity contribution in [3.8, 4) is 0 Å². The van der Waals surface area contributed by atoms with Crippen LogP contribution < -0.4 is 47.0 Å². The van der Waals surface area contributed by atoms with Gasteiger partial charge < -0.3 is 66.9 Å². The minimum absolute atomic E-state index is 0.0226. The van der Waals surface area contributed by atoms with E-state index in [1.165, 1.54) is 63.5 Å². The molecule has 0 saturated carbocycles. The fraction of sp³-hybridized carbons (Fsp3) is 0.750. The number of nitrogens with zero attached hydrogens (tertiary/aromatic N) is 7. The number of urea groups is 1. The summed E-state index contributed by atoms with van der Waals surface area (Å²) in [4.78, 5) is 81.8. The highest BCUT2D eigenvalue weighted by Gasteiger charge is 2.31. The standard InChI is InChI=1S/C56H98N14O7/c1-6-57-31-26-56(27-32-58-34-37-68(7-2)36-29-56)28-33-59-44(3)42-45-20-22-46(23-21-45)61-52-64-53(67(4)5)66-54(65-52)70-40-38-69(39-41-70)35-17-13-11-9-8-10-12-14-19-49(72)60-30-16-15-18-48(51(75)76)63-55(77)62-47(43-71)24-25-50(73)74/h20-23,43-44,47-48,57-59H,6-19,24-42H2,1-5H3,(H,60,72)(H,73,74)(H,75,76)(H2,62,63,77)(H,61,64,65,66)/t44?,47-,48-,56?/m0/s1. The molecular formula is C56H98N14O7. The van der Waals surface area contributed by atoms with Crippen molar-refractivity contribution >= 4 is 53.7 Å². The molecular weight excluding hydrogens is 981 g/mol. The van der Waals surface area contributed by atoms with Crippen molar-refractivity contribution < 1.29 is 34.2 Å². The quantitative estimate of drug-likeness (QED) is 0.0302. The first kappa shape index (κ1) is 64.3. The average molecular weight is 1080 g/mol. The molecule has 21 nitrogen and oxygen atoms in total. The van der Waals surface area contributed by atoms with Gasteiger partial charge in [0, 0.05) is 84.5 Å². The summed E-state index contributed by atoms with van der Waals surface area (Å²) in [7, 11) is 3.92. The monoisotopic (exact) mass is 1080 g/mol. The molecule has 3 amide bonds. The Morgan fingerprint density at radius 2 is 1.48 bits per heavy atom. The maximum absolute atomic E-state index is 12.3. The molecule has 3 heterocycles. The van der Waals surface area contributed by atoms with Gasteiger partial charge in [-0.1, -0.05) is 64.5 Å². The molecule has 2 aliphatic rings. The molecule has 2 aromatic rings. The third kappa shape index (κ3) is 26.3. The Kier molecular flexibility index (Phi) is 30.7. The predicted molar refractivity (Wildman–Crippen MR) is 306 cm³/mol. The SMILES string of the molecule is CCNCCC1(CCNC(C)Cc2ccc(Nc3nc(N(C)C)nc(N4CCN(CCCCCCCCCCC(=O)NCCCC[C@H](NC(=O)N[C@H](C=O)CCC(=O)O)C(=O)O)CC4)n3)cc2)CCNCCN(CC)CC1. The lowest BCUT2D eigenvalue weighted by molar-refractivity contribution is -0.139. The molecule has 4 atom stereocenters. The zero-order chi connectivity index (χ0) is 55.7. The van der Waals surface area contributed by atoms with Gasteiger partial charge >= 0.3 is 18.0 Å². The molecule has 1 aromatic carbocycles. The molecule has 0 radical (unpaired) electrons. The molecule has 434 valence electrons. The zero-order valence-corrected chi connectivity index (χ0v) is 47.5. The number of carbonyl (C=O) groups is 5. The van der Waals surface area contributed by atoms with Crippen molar-refractivity contribution in [2.45, 2.75) is 161 Å². The van der Waals surface area contributed by atoms with Gasteiger partial charge in [-0.3, -0.25) is 14.5 Å². The number of aliphatic carboxylic acids is 2. The molecule has 21 heteroatoms. The minimum atomic E-state index is -1.22. The van der Waals surface area contributed by atoms with E-state index in [-0.39, 0.29) is 25.2 Å². The lowest BCUT2D eigenvalue weighted by Crippen LogP contribution is -2.49. The summed E-state index contributed by atoms with van der Waals surface area (Å²) < 4.78 is 0. The number of hydrogen-bond donors (Lipinski definition) is 9. The molecule has 0 spiro atoms. The Balaban J connectivity index is 1.06. The molecule has 1 aromatic heterocycles. The number of carboxylic acid groups (broad SMARTS) is 2. The molecule has 2 saturated heterocycles. The van der Waals surface area contributed by atoms with Crippen LogP contribution in [0.1, 0.15) is 142 Å². The van der Waals surface area contributed by atoms with Gasteiger partial charge in [-0.2, -0.15) is 15.0 Å². The summed E-state index contributed by atoms with van der Waals surface area (Å²) in [6, 6.07) is 5.98. The fourth-order valence-electron chi connectivity index (χ4n) is 10.2. The maximum Gasteiger partial charge on any atom is 0.326 e. The Bertz CT molecular complexity index is 2010. The minimum Gasteiger partial charge on any atom is -0.481 e. The highest BCUT2D eigenvalue weighted by atomic mass is 16.4. The summed E-state index contributed by atoms with van der Waals surface area (Å²) in [5, 5.41) is 40.4. The van der Waals surface area contributed by atoms with E-state index in [1.807, 2.05) is 19.0 Å². The number of unbranched alkanes of at least 4 members (excludes halogenated alkanes) is 8. The van der Waals surface area contributed by atoms with Crippen LogP contribution in [0, 0.1) is 5.41 Å². The van der Waals surface area contributed by atoms with Crippen LogP contribution in [0.25, 0.3) is 0 Å². The summed E-state index contributed by atoms with van der Waals surface area (Å²) in [5.74, 6) is -0.482. The predicted octanol–water partition coefficient (Wildman–Crippen LogP) is 5.39. The van der Waals surface area contributed by atoms with Crippen LogP contribution in [-0.4, -0.2) is 189 Å². The van der Waals surface area contributed by atoms with Crippen LogP contribution in [0.3, 0.4) is 0 Å². The zero-order valence-electron chi connectivity index (χ0n) is 47.5. The first-order valence-electron chi connectivity index (χ1n) is 29.1. The van der Waals surface area contributed by atoms with Crippen molar-refractivity contribution in [3.05, 3.63) is 29.8 Å². The van der Waals surface area contributed by atoms with Gasteiger partial charge in [-0.05, 0) is 146 Å². The largest absolute Gasteiger partial charge is 0.481 e. The second-order valence-corrected chi connectivity index (χ2v) is 21.5. The molecule has 9 N–H and O–H groups in total. The number of benzene rings is 1. The molecule has 2 aliphatic heterocycles. The Morgan fingerprint density at radius 1 is 0.766 bits per heavy atom. The van der Waals surface area contributed by atoms with Gasteiger partial charge in [0.05, 0.1) is 6.04 Å². The third-order valence-electron chi connectivity index (χ3n) is 15.1. The van der Waals surface area contributed by atoms with Crippen LogP contribution in [0.5, 0.6) is 0 Å². The molecule has 4 rings (SSSR count). The first-order valence-corrected chi connectivity index (χ1v) is 29.1. The van der Waals surface area contributed by atoms with E-state index in [4.69, 9.17) is 20.1 Å². The number of amides is 3. The van der Waals surface area contributed by atoms with Crippen molar-refractivity contribution in [2.24, 2.45) is 5.41 Å². The number of carbonyl (C=O) groups excluding carboxylic acids is 3. The van der Waals surface area contributed by atoms with E-state index in [1.54, 1.807) is 0 Å². The van der Waals surface area contributed by atoms with E-state index < -0.39 is 30.1 Å². The molecule has 77 heavy (non-hydrogen) atoms. The Labute approximate surface area is 460 Å². The number of anilines is 4. The average Bonchev–Trinajstić information content (AvgIpc) is 3.51. The molecule has 0 bridgehead atoms. The number of likely N-dealkylation sites (N-methyl/N-ethyl adjacent to an activating group) is 1. The second kappa shape index (κ2) is 36.8. The summed E-state index contributed by atoms with van der Waals surface area (Å²) >= 11 is 0. The number of nitrogens with one attached hydrogen (secondary N) is 7. The fourth-order valence-corrected chi connectivity index (χ4v) is 10.2. The number of aromatic nitrogens is 3. The van der Waals surface area contributed by atoms with Crippen molar-refractivity contribution in [2.75, 3.05) is 121 Å². The van der Waals surface area contributed by atoms with Crippen molar-refractivity contribution in [1.29, 1.82) is 0 Å². The molecule has 2 unspecified atom stereocenters. The van der Waals surface area contributed by atoms with Gasteiger partial charge in [0.25, 0.3) is 0 Å². The third-order valence-corrected chi connectivity index (χ3v) is 15.1. The Hall–Kier alpha value is -5.22. The van der Waals surface area contributed by atoms with Crippen LogP contribution >= 0.6 is 0 Å². The number of rotatable bonds is 38. The van der Waals surface area contributed by atoms with Gasteiger partial charge in [-0.15, -0.1) is 0 Å². The molecule has 2 fully saturated rings. The lowest BCUT2D eigenvalue weighted by atomic mass is 9.75. The van der Waals surface area contributed by atoms with Gasteiger partial charge in [0.1, 0.15) is 12.3 Å². The summed E-state index contributed by atoms with van der Waals surface area (Å²) in [5.41, 5.74) is 2.59. The van der Waals surface area contributed by atoms with E-state index in [0.717, 1.165) is 116 Å². The highest BCUT2D eigenvalue weighted by Crippen LogP contribution is 2.35. The van der Waals surface area contributed by atoms with Crippen LogP contribution in [-0.2, 0) is 25.6 Å². The smallest absolute Gasteiger partial charge is 0.326 e. The van der Waals surface area contributed by atoms with E-state index in [9.17, 15) is 29.1 Å². The first-order chi connectivity index (χ1) is 37.2. The summed E-state index contributed by atoms with van der Waals surface area (Å²) in [6.07, 6.45) is 16.3. The maximum atomic E-state index is 12.3. The van der Waals surface area contributed by atoms with Crippen molar-refractivity contribution in [3.63, 3.8) is 0 Å². The van der Waals surface area contributed by atoms with Crippen molar-refractivity contribution in [1.82, 2.24) is 56.7 Å². The van der Waals surface area contributed by atoms with Crippen LogP contribution in [0.2, 0.25) is 0 Å². The number of carboxylic acids is 2. The second-order valence-electron chi connectivity index (χ2n) is 21.5. The summed E-state index contributed by atoms with van der Waals surface area (Å²) in [6.45, 7) is 20.7. The Morgan fingerprint density at radius 3 is 2.16 bits per heavy atom. The molecule has 0 aliphatic carbocycles. The highest BCUT2D eigenvalue weighted by molar-refractivity contribution is 5.84. The van der Waals surface area contributed by atoms with Gasteiger partial charge in [0.2, 0.25) is 23.8 Å². The topological polar surface area (TPSA) is 262 Å². The number of piperazine rings is 1. The van der Waals surface area contributed by atoms with Gasteiger partial charge in [-0.25, -0.2) is 9.59 Å².